The molecule has 2 rings (SSSR count). The van der Waals surface area contributed by atoms with Gasteiger partial charge in [0.05, 0.1) is 5.02 Å². The van der Waals surface area contributed by atoms with Crippen LogP contribution in [0.25, 0.3) is 0 Å². The van der Waals surface area contributed by atoms with Crippen molar-refractivity contribution in [2.24, 2.45) is 0 Å². The molecular formula is C10H6Br2ClNOS. The first-order valence-corrected chi connectivity index (χ1v) is 7.16. The number of rotatable bonds is 2. The second-order valence-electron chi connectivity index (χ2n) is 3.08. The second kappa shape index (κ2) is 5.14. The predicted octanol–water partition coefficient (Wildman–Crippen LogP) is 4.40. The van der Waals surface area contributed by atoms with Crippen LogP contribution in [-0.4, -0.2) is 10.1 Å². The third kappa shape index (κ3) is 2.65. The molecule has 0 spiro atoms. The van der Waals surface area contributed by atoms with Crippen molar-refractivity contribution in [1.82, 2.24) is 4.98 Å². The van der Waals surface area contributed by atoms with Gasteiger partial charge in [-0.25, -0.2) is 4.98 Å². The van der Waals surface area contributed by atoms with Crippen molar-refractivity contribution in [1.29, 1.82) is 0 Å². The number of nitrogens with zero attached hydrogens (tertiary/aromatic N) is 1. The molecule has 0 saturated heterocycles. The lowest BCUT2D eigenvalue weighted by Crippen LogP contribution is -1.98. The maximum atomic E-state index is 10.1. The summed E-state index contributed by atoms with van der Waals surface area (Å²) >= 11 is 13.9. The Morgan fingerprint density at radius 1 is 1.38 bits per heavy atom. The Balaban J connectivity index is 2.33. The lowest BCUT2D eigenvalue weighted by Gasteiger charge is -2.08. The van der Waals surface area contributed by atoms with E-state index in [-0.39, 0.29) is 0 Å². The number of thiazole rings is 1. The molecule has 16 heavy (non-hydrogen) atoms. The van der Waals surface area contributed by atoms with E-state index in [0.717, 1.165) is 14.6 Å². The lowest BCUT2D eigenvalue weighted by molar-refractivity contribution is 0.219. The standard InChI is InChI=1S/C10H6Br2ClNOS/c11-6-3-5(1-2-7(6)13)9(15)10-14-8(12)4-16-10/h1-4,9,15H. The van der Waals surface area contributed by atoms with Gasteiger partial charge in [-0.05, 0) is 49.6 Å². The summed E-state index contributed by atoms with van der Waals surface area (Å²) < 4.78 is 1.50. The molecule has 1 aromatic carbocycles. The van der Waals surface area contributed by atoms with Crippen molar-refractivity contribution < 1.29 is 5.11 Å². The fourth-order valence-electron chi connectivity index (χ4n) is 1.22. The summed E-state index contributed by atoms with van der Waals surface area (Å²) in [5, 5.41) is 13.2. The van der Waals surface area contributed by atoms with E-state index in [1.165, 1.54) is 11.3 Å². The largest absolute Gasteiger partial charge is 0.381 e. The zero-order chi connectivity index (χ0) is 11.7. The number of hydrogen-bond donors (Lipinski definition) is 1. The minimum absolute atomic E-state index is 0.622. The monoisotopic (exact) mass is 381 g/mol. The number of halogens is 3. The van der Waals surface area contributed by atoms with Gasteiger partial charge in [0.2, 0.25) is 0 Å². The van der Waals surface area contributed by atoms with Crippen molar-refractivity contribution >= 4 is 54.8 Å². The fraction of sp³-hybridized carbons (Fsp3) is 0.100. The molecule has 0 radical (unpaired) electrons. The molecular weight excluding hydrogens is 377 g/mol. The maximum Gasteiger partial charge on any atom is 0.131 e. The van der Waals surface area contributed by atoms with Gasteiger partial charge in [-0.2, -0.15) is 0 Å². The normalized spacial score (nSPS) is 12.8. The van der Waals surface area contributed by atoms with Crippen LogP contribution >= 0.6 is 54.8 Å². The highest BCUT2D eigenvalue weighted by Crippen LogP contribution is 2.31. The number of aliphatic hydroxyl groups excluding tert-OH is 1. The Kier molecular flexibility index (Phi) is 4.02. The van der Waals surface area contributed by atoms with Crippen LogP contribution in [0, 0.1) is 0 Å². The summed E-state index contributed by atoms with van der Waals surface area (Å²) in [4.78, 5) is 4.18. The van der Waals surface area contributed by atoms with E-state index in [0.29, 0.717) is 10.0 Å². The van der Waals surface area contributed by atoms with Crippen LogP contribution in [0.5, 0.6) is 0 Å². The Bertz CT molecular complexity index is 517. The molecule has 2 aromatic rings. The van der Waals surface area contributed by atoms with E-state index in [9.17, 15) is 5.11 Å². The summed E-state index contributed by atoms with van der Waals surface area (Å²) in [6.45, 7) is 0. The van der Waals surface area contributed by atoms with E-state index in [4.69, 9.17) is 11.6 Å². The zero-order valence-corrected chi connectivity index (χ0v) is 12.6. The number of hydrogen-bond acceptors (Lipinski definition) is 3. The SMILES string of the molecule is OC(c1ccc(Cl)c(Br)c1)c1nc(Br)cs1. The van der Waals surface area contributed by atoms with Gasteiger partial charge in [0.15, 0.2) is 0 Å². The Labute approximate surface area is 119 Å². The topological polar surface area (TPSA) is 33.1 Å². The minimum atomic E-state index is -0.718. The first kappa shape index (κ1) is 12.5. The quantitative estimate of drug-likeness (QED) is 0.834. The molecule has 0 aliphatic heterocycles. The van der Waals surface area contributed by atoms with Gasteiger partial charge in [-0.1, -0.05) is 17.7 Å². The van der Waals surface area contributed by atoms with Crippen LogP contribution < -0.4 is 0 Å². The minimum Gasteiger partial charge on any atom is -0.381 e. The summed E-state index contributed by atoms with van der Waals surface area (Å²) in [6, 6.07) is 5.32. The smallest absolute Gasteiger partial charge is 0.131 e. The van der Waals surface area contributed by atoms with Crippen LogP contribution in [0.15, 0.2) is 32.7 Å². The van der Waals surface area contributed by atoms with Gasteiger partial charge in [0.25, 0.3) is 0 Å². The van der Waals surface area contributed by atoms with Crippen LogP contribution in [0.3, 0.4) is 0 Å². The van der Waals surface area contributed by atoms with Crippen molar-refractivity contribution in [2.45, 2.75) is 6.10 Å². The molecule has 1 heterocycles. The van der Waals surface area contributed by atoms with Gasteiger partial charge in [-0.3, -0.25) is 0 Å². The van der Waals surface area contributed by atoms with Crippen LogP contribution in [-0.2, 0) is 0 Å². The molecule has 1 N–H and O–H groups in total. The molecule has 1 aromatic heterocycles. The van der Waals surface area contributed by atoms with E-state index in [1.807, 2.05) is 5.38 Å². The van der Waals surface area contributed by atoms with E-state index in [2.05, 4.69) is 36.8 Å². The molecule has 0 bridgehead atoms. The van der Waals surface area contributed by atoms with Gasteiger partial charge in [-0.15, -0.1) is 11.3 Å². The third-order valence-electron chi connectivity index (χ3n) is 1.99. The van der Waals surface area contributed by atoms with E-state index >= 15 is 0 Å². The van der Waals surface area contributed by atoms with Crippen molar-refractivity contribution in [3.63, 3.8) is 0 Å². The molecule has 2 nitrogen and oxygen atoms in total. The second-order valence-corrected chi connectivity index (χ2v) is 6.05. The third-order valence-corrected chi connectivity index (χ3v) is 4.81. The van der Waals surface area contributed by atoms with Crippen molar-refractivity contribution in [3.05, 3.63) is 48.2 Å². The lowest BCUT2D eigenvalue weighted by atomic mass is 10.1. The predicted molar refractivity (Wildman–Crippen MR) is 73.0 cm³/mol. The molecule has 0 aliphatic rings. The van der Waals surface area contributed by atoms with Crippen LogP contribution in [0.4, 0.5) is 0 Å². The number of benzene rings is 1. The summed E-state index contributed by atoms with van der Waals surface area (Å²) in [5.74, 6) is 0. The molecule has 84 valence electrons. The first-order chi connectivity index (χ1) is 7.58. The highest BCUT2D eigenvalue weighted by molar-refractivity contribution is 9.10. The maximum absolute atomic E-state index is 10.1. The summed E-state index contributed by atoms with van der Waals surface area (Å²) in [6.07, 6.45) is -0.718. The Morgan fingerprint density at radius 2 is 2.12 bits per heavy atom. The van der Waals surface area contributed by atoms with E-state index < -0.39 is 6.10 Å². The molecule has 0 saturated carbocycles. The number of aliphatic hydroxyl groups is 1. The molecule has 6 heteroatoms. The highest BCUT2D eigenvalue weighted by Gasteiger charge is 2.15. The molecule has 1 atom stereocenters. The van der Waals surface area contributed by atoms with Crippen LogP contribution in [0.1, 0.15) is 16.7 Å². The highest BCUT2D eigenvalue weighted by atomic mass is 79.9. The Hall–Kier alpha value is 0.0600. The van der Waals surface area contributed by atoms with Gasteiger partial charge >= 0.3 is 0 Å². The zero-order valence-electron chi connectivity index (χ0n) is 7.82. The summed E-state index contributed by atoms with van der Waals surface area (Å²) in [7, 11) is 0. The number of aromatic nitrogens is 1. The Morgan fingerprint density at radius 3 is 2.69 bits per heavy atom. The first-order valence-electron chi connectivity index (χ1n) is 4.32. The van der Waals surface area contributed by atoms with Crippen molar-refractivity contribution in [3.8, 4) is 0 Å². The van der Waals surface area contributed by atoms with E-state index in [1.54, 1.807) is 18.2 Å². The molecule has 0 fully saturated rings. The molecule has 0 amide bonds. The fourth-order valence-corrected chi connectivity index (χ4v) is 3.01. The van der Waals surface area contributed by atoms with Crippen molar-refractivity contribution in [2.75, 3.05) is 0 Å². The van der Waals surface area contributed by atoms with Gasteiger partial charge in [0, 0.05) is 9.85 Å². The summed E-state index contributed by atoms with van der Waals surface area (Å²) in [5.41, 5.74) is 0.762. The van der Waals surface area contributed by atoms with Gasteiger partial charge < -0.3 is 5.11 Å². The van der Waals surface area contributed by atoms with Gasteiger partial charge in [0.1, 0.15) is 15.7 Å². The average Bonchev–Trinajstić information content (AvgIpc) is 2.68. The molecule has 1 unspecified atom stereocenters. The average molecular weight is 383 g/mol. The molecule has 0 aliphatic carbocycles. The van der Waals surface area contributed by atoms with Crippen LogP contribution in [0.2, 0.25) is 5.02 Å².